The summed E-state index contributed by atoms with van der Waals surface area (Å²) in [4.78, 5) is 14.8. The molecule has 0 saturated heterocycles. The van der Waals surface area contributed by atoms with Crippen molar-refractivity contribution in [3.8, 4) is 11.5 Å². The molecule has 2 aromatic carbocycles. The average molecular weight is 511 g/mol. The third-order valence-corrected chi connectivity index (χ3v) is 7.58. The monoisotopic (exact) mass is 510 g/mol. The first-order chi connectivity index (χ1) is 15.5. The molecule has 7 heteroatoms. The lowest BCUT2D eigenvalue weighted by atomic mass is 9.80. The summed E-state index contributed by atoms with van der Waals surface area (Å²) in [5, 5.41) is 19.6. The number of nitrogens with one attached hydrogen (secondary N) is 2. The minimum absolute atomic E-state index is 0.0599. The minimum atomic E-state index is -0.367. The number of fused-ring (bicyclic) bond motifs is 1. The first-order valence-electron chi connectivity index (χ1n) is 10.6. The lowest BCUT2D eigenvalue weighted by Gasteiger charge is -2.29. The van der Waals surface area contributed by atoms with E-state index in [0.717, 1.165) is 34.6 Å². The summed E-state index contributed by atoms with van der Waals surface area (Å²) in [6, 6.07) is 15.4. The topological polar surface area (TPSA) is 70.6 Å². The van der Waals surface area contributed by atoms with Crippen molar-refractivity contribution in [3.63, 3.8) is 0 Å². The fraction of sp³-hybridized carbons (Fsp3) is 0.240. The Balaban J connectivity index is 1.64. The van der Waals surface area contributed by atoms with E-state index in [2.05, 4.69) is 38.0 Å². The second-order valence-corrected chi connectivity index (χ2v) is 9.80. The minimum Gasteiger partial charge on any atom is -0.503 e. The summed E-state index contributed by atoms with van der Waals surface area (Å²) in [5.41, 5.74) is 4.42. The Kier molecular flexibility index (Phi) is 5.69. The van der Waals surface area contributed by atoms with Crippen molar-refractivity contribution in [1.82, 2.24) is 0 Å². The predicted molar refractivity (Wildman–Crippen MR) is 132 cm³/mol. The van der Waals surface area contributed by atoms with Gasteiger partial charge in [0.1, 0.15) is 0 Å². The number of para-hydroxylation sites is 2. The van der Waals surface area contributed by atoms with Crippen LogP contribution in [0.5, 0.6) is 11.5 Å². The number of halogens is 1. The molecule has 0 amide bonds. The molecule has 0 radical (unpaired) electrons. The van der Waals surface area contributed by atoms with Crippen LogP contribution in [0.3, 0.4) is 0 Å². The Labute approximate surface area is 199 Å². The summed E-state index contributed by atoms with van der Waals surface area (Å²) in [6.45, 7) is 2.31. The third-order valence-electron chi connectivity index (χ3n) is 5.94. The van der Waals surface area contributed by atoms with E-state index in [4.69, 9.17) is 4.74 Å². The molecule has 1 aromatic heterocycles. The molecule has 0 fully saturated rings. The highest BCUT2D eigenvalue weighted by atomic mass is 79.9. The number of allylic oxidation sites excluding steroid dienone is 1. The van der Waals surface area contributed by atoms with Gasteiger partial charge in [-0.25, -0.2) is 0 Å². The highest BCUT2D eigenvalue weighted by molar-refractivity contribution is 9.10. The fourth-order valence-electron chi connectivity index (χ4n) is 4.49. The van der Waals surface area contributed by atoms with Gasteiger partial charge in [0, 0.05) is 28.5 Å². The molecule has 0 bridgehead atoms. The van der Waals surface area contributed by atoms with Gasteiger partial charge in [-0.3, -0.25) is 4.79 Å². The number of ketones is 1. The molecule has 0 unspecified atom stereocenters. The van der Waals surface area contributed by atoms with Gasteiger partial charge in [0.05, 0.1) is 28.5 Å². The molecule has 1 aliphatic carbocycles. The molecule has 5 rings (SSSR count). The number of anilines is 2. The number of benzene rings is 2. The molecule has 0 saturated carbocycles. The zero-order valence-electron chi connectivity index (χ0n) is 17.5. The van der Waals surface area contributed by atoms with Crippen LogP contribution in [0.1, 0.15) is 42.2 Å². The Morgan fingerprint density at radius 1 is 1.16 bits per heavy atom. The van der Waals surface area contributed by atoms with E-state index in [0.29, 0.717) is 23.2 Å². The number of aromatic hydroxyl groups is 1. The highest BCUT2D eigenvalue weighted by Crippen LogP contribution is 2.46. The van der Waals surface area contributed by atoms with E-state index in [-0.39, 0.29) is 23.5 Å². The van der Waals surface area contributed by atoms with E-state index in [9.17, 15) is 9.90 Å². The summed E-state index contributed by atoms with van der Waals surface area (Å²) < 4.78 is 6.19. The normalized spacial score (nSPS) is 20.0. The number of carbonyl (C=O) groups is 1. The van der Waals surface area contributed by atoms with Crippen molar-refractivity contribution >= 4 is 44.4 Å². The predicted octanol–water partition coefficient (Wildman–Crippen LogP) is 6.59. The molecule has 5 nitrogen and oxygen atoms in total. The lowest BCUT2D eigenvalue weighted by Crippen LogP contribution is -2.26. The van der Waals surface area contributed by atoms with Crippen LogP contribution in [0.4, 0.5) is 11.4 Å². The second kappa shape index (κ2) is 8.64. The number of hydrogen-bond donors (Lipinski definition) is 3. The Morgan fingerprint density at radius 2 is 1.97 bits per heavy atom. The molecule has 1 aliphatic heterocycles. The van der Waals surface area contributed by atoms with E-state index in [1.165, 1.54) is 4.88 Å². The number of ether oxygens (including phenoxy) is 1. The maximum Gasteiger partial charge on any atom is 0.172 e. The van der Waals surface area contributed by atoms with Gasteiger partial charge in [-0.05, 0) is 70.5 Å². The number of carbonyl (C=O) groups excluding carboxylic acids is 1. The van der Waals surface area contributed by atoms with Crippen LogP contribution in [0.25, 0.3) is 0 Å². The Morgan fingerprint density at radius 3 is 2.72 bits per heavy atom. The van der Waals surface area contributed by atoms with Gasteiger partial charge >= 0.3 is 0 Å². The number of thiophene rings is 1. The smallest absolute Gasteiger partial charge is 0.172 e. The first-order valence-corrected chi connectivity index (χ1v) is 12.3. The van der Waals surface area contributed by atoms with Crippen molar-refractivity contribution in [1.29, 1.82) is 0 Å². The molecule has 2 atom stereocenters. The summed E-state index contributed by atoms with van der Waals surface area (Å²) in [6.07, 6.45) is 1.25. The number of hydrogen-bond acceptors (Lipinski definition) is 6. The van der Waals surface area contributed by atoms with Gasteiger partial charge in [-0.1, -0.05) is 18.2 Å². The van der Waals surface area contributed by atoms with Crippen LogP contribution in [0.15, 0.2) is 69.7 Å². The van der Waals surface area contributed by atoms with E-state index >= 15 is 0 Å². The number of rotatable bonds is 4. The van der Waals surface area contributed by atoms with E-state index in [1.54, 1.807) is 11.3 Å². The maximum atomic E-state index is 13.6. The van der Waals surface area contributed by atoms with Crippen LogP contribution in [0, 0.1) is 0 Å². The Hall–Kier alpha value is -2.77. The van der Waals surface area contributed by atoms with Gasteiger partial charge in [0.25, 0.3) is 0 Å². The van der Waals surface area contributed by atoms with Gasteiger partial charge in [0.2, 0.25) is 0 Å². The van der Waals surface area contributed by atoms with Gasteiger partial charge in [-0.15, -0.1) is 11.3 Å². The second-order valence-electron chi connectivity index (χ2n) is 7.97. The first kappa shape index (κ1) is 21.1. The molecular formula is C25H23BrN2O3S. The lowest BCUT2D eigenvalue weighted by molar-refractivity contribution is -0.116. The van der Waals surface area contributed by atoms with Crippen LogP contribution < -0.4 is 15.4 Å². The maximum absolute atomic E-state index is 13.6. The molecule has 32 heavy (non-hydrogen) atoms. The molecular weight excluding hydrogens is 488 g/mol. The van der Waals surface area contributed by atoms with Crippen molar-refractivity contribution in [3.05, 3.63) is 80.1 Å². The molecule has 3 N–H and O–H groups in total. The van der Waals surface area contributed by atoms with E-state index < -0.39 is 0 Å². The number of phenols is 1. The standard InChI is InChI=1S/C25H23BrN2O3S/c1-2-31-21-13-15(10-16(26)25(21)30)24-23-19(27-17-6-3-4-7-18(17)28-24)11-14(12-20(23)29)22-8-5-9-32-22/h3-10,13-14,24,27-28,30H,2,11-12H2,1H3/t14-,24-/m0/s1. The fourth-order valence-corrected chi connectivity index (χ4v) is 5.78. The quantitative estimate of drug-likeness (QED) is 0.369. The van der Waals surface area contributed by atoms with Crippen molar-refractivity contribution in [2.45, 2.75) is 31.7 Å². The zero-order valence-corrected chi connectivity index (χ0v) is 19.9. The number of Topliss-reactive ketones (excluding diaryl/α,β-unsaturated/α-hetero) is 1. The SMILES string of the molecule is CCOc1cc([C@@H]2Nc3ccccc3NC3=C2C(=O)C[C@@H](c2cccs2)C3)cc(Br)c1O. The molecule has 2 aliphatic rings. The highest BCUT2D eigenvalue weighted by Gasteiger charge is 2.36. The van der Waals surface area contributed by atoms with Gasteiger partial charge in [-0.2, -0.15) is 0 Å². The summed E-state index contributed by atoms with van der Waals surface area (Å²) in [7, 11) is 0. The largest absolute Gasteiger partial charge is 0.503 e. The third kappa shape index (κ3) is 3.80. The molecule has 2 heterocycles. The van der Waals surface area contributed by atoms with Crippen LogP contribution >= 0.6 is 27.3 Å². The molecule has 3 aromatic rings. The van der Waals surface area contributed by atoms with Crippen molar-refractivity contribution < 1.29 is 14.6 Å². The summed E-state index contributed by atoms with van der Waals surface area (Å²) >= 11 is 5.15. The van der Waals surface area contributed by atoms with Gasteiger partial charge < -0.3 is 20.5 Å². The summed E-state index contributed by atoms with van der Waals surface area (Å²) in [5.74, 6) is 0.755. The van der Waals surface area contributed by atoms with E-state index in [1.807, 2.05) is 49.4 Å². The van der Waals surface area contributed by atoms with Crippen LogP contribution in [0.2, 0.25) is 0 Å². The van der Waals surface area contributed by atoms with Crippen LogP contribution in [-0.2, 0) is 4.79 Å². The van der Waals surface area contributed by atoms with Gasteiger partial charge in [0.15, 0.2) is 17.3 Å². The molecule has 164 valence electrons. The molecule has 0 spiro atoms. The van der Waals surface area contributed by atoms with Crippen molar-refractivity contribution in [2.24, 2.45) is 0 Å². The zero-order chi connectivity index (χ0) is 22.2. The number of phenolic OH excluding ortho intramolecular Hbond substituents is 1. The average Bonchev–Trinajstić information content (AvgIpc) is 3.26. The van der Waals surface area contributed by atoms with Crippen LogP contribution in [-0.4, -0.2) is 17.5 Å². The Bertz CT molecular complexity index is 1210. The van der Waals surface area contributed by atoms with Crippen molar-refractivity contribution in [2.75, 3.05) is 17.2 Å².